The highest BCUT2D eigenvalue weighted by Gasteiger charge is 2.40. The fourth-order valence-corrected chi connectivity index (χ4v) is 3.67. The second-order valence-electron chi connectivity index (χ2n) is 7.47. The Balaban J connectivity index is 1.78. The number of anilines is 2. The lowest BCUT2D eigenvalue weighted by molar-refractivity contribution is 0.0992. The molecule has 0 spiro atoms. The van der Waals surface area contributed by atoms with Crippen LogP contribution in [0.2, 0.25) is 0 Å². The van der Waals surface area contributed by atoms with Crippen molar-refractivity contribution in [1.29, 1.82) is 0 Å². The van der Waals surface area contributed by atoms with Crippen molar-refractivity contribution in [3.8, 4) is 11.5 Å². The van der Waals surface area contributed by atoms with Crippen LogP contribution < -0.4 is 19.7 Å². The SMILES string of the molecule is COc1ccc(OC)c(N2C(=O)c3cccnc3[C@H]2Nc2ccc(C(C)C)cc2)c1. The molecule has 4 rings (SSSR count). The molecule has 1 amide bonds. The van der Waals surface area contributed by atoms with Crippen LogP contribution in [0.3, 0.4) is 0 Å². The van der Waals surface area contributed by atoms with Crippen molar-refractivity contribution in [2.75, 3.05) is 24.4 Å². The summed E-state index contributed by atoms with van der Waals surface area (Å²) in [5.74, 6) is 1.54. The van der Waals surface area contributed by atoms with Crippen LogP contribution in [0, 0.1) is 0 Å². The summed E-state index contributed by atoms with van der Waals surface area (Å²) in [6, 6.07) is 17.2. The third-order valence-electron chi connectivity index (χ3n) is 5.33. The number of rotatable bonds is 6. The quantitative estimate of drug-likeness (QED) is 0.628. The Morgan fingerprint density at radius 3 is 2.47 bits per heavy atom. The normalized spacial score (nSPS) is 15.3. The van der Waals surface area contributed by atoms with Gasteiger partial charge in [-0.2, -0.15) is 0 Å². The van der Waals surface area contributed by atoms with Gasteiger partial charge in [-0.1, -0.05) is 26.0 Å². The first-order chi connectivity index (χ1) is 14.5. The lowest BCUT2D eigenvalue weighted by atomic mass is 10.0. The molecule has 2 aromatic carbocycles. The molecular weight excluding hydrogens is 378 g/mol. The largest absolute Gasteiger partial charge is 0.497 e. The van der Waals surface area contributed by atoms with E-state index in [4.69, 9.17) is 9.47 Å². The number of pyridine rings is 1. The highest BCUT2D eigenvalue weighted by atomic mass is 16.5. The van der Waals surface area contributed by atoms with E-state index in [-0.39, 0.29) is 5.91 Å². The summed E-state index contributed by atoms with van der Waals surface area (Å²) in [7, 11) is 3.18. The number of methoxy groups -OCH3 is 2. The second-order valence-corrected chi connectivity index (χ2v) is 7.47. The lowest BCUT2D eigenvalue weighted by Gasteiger charge is -2.28. The van der Waals surface area contributed by atoms with Gasteiger partial charge in [0.05, 0.1) is 31.2 Å². The fourth-order valence-electron chi connectivity index (χ4n) is 3.67. The molecule has 6 heteroatoms. The van der Waals surface area contributed by atoms with Gasteiger partial charge in [-0.3, -0.25) is 14.7 Å². The molecule has 0 fully saturated rings. The molecule has 6 nitrogen and oxygen atoms in total. The molecule has 2 heterocycles. The number of hydrogen-bond donors (Lipinski definition) is 1. The van der Waals surface area contributed by atoms with E-state index in [9.17, 15) is 4.79 Å². The number of ether oxygens (including phenoxy) is 2. The van der Waals surface area contributed by atoms with Gasteiger partial charge in [0.1, 0.15) is 11.5 Å². The zero-order chi connectivity index (χ0) is 21.3. The number of amides is 1. The summed E-state index contributed by atoms with van der Waals surface area (Å²) in [5.41, 5.74) is 4.03. The van der Waals surface area contributed by atoms with E-state index >= 15 is 0 Å². The highest BCUT2D eigenvalue weighted by Crippen LogP contribution is 2.42. The monoisotopic (exact) mass is 403 g/mol. The van der Waals surface area contributed by atoms with Crippen molar-refractivity contribution in [3.63, 3.8) is 0 Å². The molecule has 0 saturated carbocycles. The van der Waals surface area contributed by atoms with Crippen molar-refractivity contribution in [2.24, 2.45) is 0 Å². The van der Waals surface area contributed by atoms with Gasteiger partial charge in [-0.25, -0.2) is 0 Å². The Labute approximate surface area is 176 Å². The van der Waals surface area contributed by atoms with Gasteiger partial charge in [0.25, 0.3) is 5.91 Å². The van der Waals surface area contributed by atoms with Gasteiger partial charge < -0.3 is 14.8 Å². The fraction of sp³-hybridized carbons (Fsp3) is 0.250. The molecule has 30 heavy (non-hydrogen) atoms. The number of nitrogens with one attached hydrogen (secondary N) is 1. The first kappa shape index (κ1) is 19.8. The summed E-state index contributed by atoms with van der Waals surface area (Å²) in [6.45, 7) is 4.32. The molecular formula is C24H25N3O3. The van der Waals surface area contributed by atoms with Crippen LogP contribution in [0.15, 0.2) is 60.8 Å². The molecule has 1 aliphatic rings. The third kappa shape index (κ3) is 3.45. The van der Waals surface area contributed by atoms with Crippen LogP contribution in [-0.2, 0) is 0 Å². The van der Waals surface area contributed by atoms with E-state index in [2.05, 4.69) is 36.3 Å². The van der Waals surface area contributed by atoms with Crippen molar-refractivity contribution in [1.82, 2.24) is 4.98 Å². The summed E-state index contributed by atoms with van der Waals surface area (Å²) >= 11 is 0. The van der Waals surface area contributed by atoms with E-state index in [1.165, 1.54) is 5.56 Å². The maximum Gasteiger partial charge on any atom is 0.262 e. The zero-order valence-electron chi connectivity index (χ0n) is 17.5. The standard InChI is InChI=1S/C24H25N3O3/c1-15(2)16-7-9-17(10-8-16)26-23-22-19(6-5-13-25-22)24(28)27(23)20-14-18(29-3)11-12-21(20)30-4/h5-15,23,26H,1-4H3/t23-/m0/s1. The summed E-state index contributed by atoms with van der Waals surface area (Å²) in [4.78, 5) is 19.5. The molecule has 0 radical (unpaired) electrons. The number of benzene rings is 2. The minimum atomic E-state index is -0.473. The molecule has 1 aromatic heterocycles. The second kappa shape index (κ2) is 8.06. The van der Waals surface area contributed by atoms with Crippen molar-refractivity contribution in [3.05, 3.63) is 77.6 Å². The van der Waals surface area contributed by atoms with E-state index in [0.717, 1.165) is 5.69 Å². The first-order valence-electron chi connectivity index (χ1n) is 9.90. The van der Waals surface area contributed by atoms with Gasteiger partial charge in [-0.15, -0.1) is 0 Å². The maximum atomic E-state index is 13.4. The van der Waals surface area contributed by atoms with Gasteiger partial charge in [0.15, 0.2) is 6.17 Å². The third-order valence-corrected chi connectivity index (χ3v) is 5.33. The minimum absolute atomic E-state index is 0.138. The summed E-state index contributed by atoms with van der Waals surface area (Å²) < 4.78 is 10.9. The molecule has 1 atom stereocenters. The minimum Gasteiger partial charge on any atom is -0.497 e. The molecule has 0 saturated heterocycles. The zero-order valence-corrected chi connectivity index (χ0v) is 17.5. The van der Waals surface area contributed by atoms with E-state index in [1.54, 1.807) is 55.6 Å². The Morgan fingerprint density at radius 1 is 1.03 bits per heavy atom. The van der Waals surface area contributed by atoms with Crippen LogP contribution in [0.4, 0.5) is 11.4 Å². The molecule has 0 unspecified atom stereocenters. The molecule has 3 aromatic rings. The van der Waals surface area contributed by atoms with E-state index in [1.807, 2.05) is 12.1 Å². The van der Waals surface area contributed by atoms with E-state index < -0.39 is 6.17 Å². The molecule has 154 valence electrons. The van der Waals surface area contributed by atoms with Crippen LogP contribution in [0.5, 0.6) is 11.5 Å². The average Bonchev–Trinajstić information content (AvgIpc) is 3.05. The van der Waals surface area contributed by atoms with E-state index in [0.29, 0.717) is 34.4 Å². The van der Waals surface area contributed by atoms with Crippen molar-refractivity contribution in [2.45, 2.75) is 25.9 Å². The first-order valence-corrected chi connectivity index (χ1v) is 9.90. The number of carbonyl (C=O) groups excluding carboxylic acids is 1. The predicted molar refractivity (Wildman–Crippen MR) is 117 cm³/mol. The lowest BCUT2D eigenvalue weighted by Crippen LogP contribution is -2.32. The Bertz CT molecular complexity index is 1060. The molecule has 1 N–H and O–H groups in total. The Hall–Kier alpha value is -3.54. The van der Waals surface area contributed by atoms with Crippen LogP contribution in [0.25, 0.3) is 0 Å². The van der Waals surface area contributed by atoms with Gasteiger partial charge in [0.2, 0.25) is 0 Å². The van der Waals surface area contributed by atoms with Gasteiger partial charge in [0, 0.05) is 18.0 Å². The average molecular weight is 403 g/mol. The summed E-state index contributed by atoms with van der Waals surface area (Å²) in [6.07, 6.45) is 1.23. The van der Waals surface area contributed by atoms with Crippen LogP contribution in [0.1, 0.15) is 47.5 Å². The van der Waals surface area contributed by atoms with Crippen molar-refractivity contribution >= 4 is 17.3 Å². The number of nitrogens with zero attached hydrogens (tertiary/aromatic N) is 2. The van der Waals surface area contributed by atoms with Crippen molar-refractivity contribution < 1.29 is 14.3 Å². The van der Waals surface area contributed by atoms with Gasteiger partial charge in [-0.05, 0) is 47.9 Å². The highest BCUT2D eigenvalue weighted by molar-refractivity contribution is 6.11. The number of carbonyl (C=O) groups is 1. The van der Waals surface area contributed by atoms with Gasteiger partial charge >= 0.3 is 0 Å². The predicted octanol–water partition coefficient (Wildman–Crippen LogP) is 4.99. The molecule has 1 aliphatic heterocycles. The topological polar surface area (TPSA) is 63.7 Å². The molecule has 0 aliphatic carbocycles. The maximum absolute atomic E-state index is 13.4. The number of fused-ring (bicyclic) bond motifs is 1. The van der Waals surface area contributed by atoms with Crippen LogP contribution >= 0.6 is 0 Å². The van der Waals surface area contributed by atoms with Crippen LogP contribution in [-0.4, -0.2) is 25.1 Å². The Morgan fingerprint density at radius 2 is 1.80 bits per heavy atom. The Kier molecular flexibility index (Phi) is 5.31. The number of hydrogen-bond acceptors (Lipinski definition) is 5. The smallest absolute Gasteiger partial charge is 0.262 e. The molecule has 0 bridgehead atoms. The summed E-state index contributed by atoms with van der Waals surface area (Å²) in [5, 5.41) is 3.48. The number of aromatic nitrogens is 1.